The molecule has 0 aliphatic carbocycles. The molecule has 1 aromatic heterocycles. The molecule has 2 nitrogen and oxygen atoms in total. The molecule has 0 bridgehead atoms. The number of aromatic nitrogens is 1. The van der Waals surface area contributed by atoms with Crippen LogP contribution in [0.1, 0.15) is 5.56 Å². The molecule has 0 saturated carbocycles. The van der Waals surface area contributed by atoms with Crippen molar-refractivity contribution in [3.05, 3.63) is 200 Å². The third-order valence-corrected chi connectivity index (χ3v) is 10.6. The lowest BCUT2D eigenvalue weighted by molar-refractivity contribution is 1.18. The number of hydrogen-bond acceptors (Lipinski definition) is 1. The zero-order valence-corrected chi connectivity index (χ0v) is 28.9. The molecular weight excluding hydrogens is 641 g/mol. The third kappa shape index (κ3) is 5.02. The molecule has 0 radical (unpaired) electrons. The standard InChI is InChI=1S/C51H32N2/c52-33-34-28-29-40(49(30-34)53-47-26-10-8-20-41(47)42-21-9-11-27-48(42)53)38-18-12-16-36(31-38)37-17-13-19-39(32-37)51-45-24-6-4-22-43(45)50(35-14-2-1-3-15-35)44-23-5-7-25-46(44)51/h1-32H. The Morgan fingerprint density at radius 3 is 1.34 bits per heavy atom. The maximum atomic E-state index is 10.0. The van der Waals surface area contributed by atoms with Crippen LogP contribution in [0.2, 0.25) is 0 Å². The molecule has 10 rings (SSSR count). The van der Waals surface area contributed by atoms with Crippen LogP contribution in [0.25, 0.3) is 93.5 Å². The summed E-state index contributed by atoms with van der Waals surface area (Å²) in [4.78, 5) is 0. The lowest BCUT2D eigenvalue weighted by Crippen LogP contribution is -1.98. The quantitative estimate of drug-likeness (QED) is 0.167. The number of hydrogen-bond donors (Lipinski definition) is 0. The fourth-order valence-corrected chi connectivity index (χ4v) is 8.29. The Bertz CT molecular complexity index is 2960. The highest BCUT2D eigenvalue weighted by Crippen LogP contribution is 2.44. The smallest absolute Gasteiger partial charge is 0.0992 e. The van der Waals surface area contributed by atoms with Gasteiger partial charge in [0.15, 0.2) is 0 Å². The van der Waals surface area contributed by atoms with Crippen LogP contribution in [0.4, 0.5) is 0 Å². The number of nitriles is 1. The summed E-state index contributed by atoms with van der Waals surface area (Å²) >= 11 is 0. The maximum Gasteiger partial charge on any atom is 0.0992 e. The van der Waals surface area contributed by atoms with Gasteiger partial charge < -0.3 is 4.57 Å². The monoisotopic (exact) mass is 672 g/mol. The van der Waals surface area contributed by atoms with E-state index in [1.54, 1.807) is 0 Å². The van der Waals surface area contributed by atoms with Gasteiger partial charge in [0, 0.05) is 16.3 Å². The second-order valence-electron chi connectivity index (χ2n) is 13.6. The minimum absolute atomic E-state index is 0.632. The summed E-state index contributed by atoms with van der Waals surface area (Å²) < 4.78 is 2.31. The van der Waals surface area contributed by atoms with E-state index in [0.29, 0.717) is 5.56 Å². The van der Waals surface area contributed by atoms with Gasteiger partial charge in [-0.3, -0.25) is 0 Å². The van der Waals surface area contributed by atoms with Gasteiger partial charge >= 0.3 is 0 Å². The Morgan fingerprint density at radius 1 is 0.340 bits per heavy atom. The van der Waals surface area contributed by atoms with E-state index >= 15 is 0 Å². The molecule has 0 aliphatic heterocycles. The third-order valence-electron chi connectivity index (χ3n) is 10.6. The summed E-state index contributed by atoms with van der Waals surface area (Å²) in [5.41, 5.74) is 13.2. The summed E-state index contributed by atoms with van der Waals surface area (Å²) in [7, 11) is 0. The van der Waals surface area contributed by atoms with Gasteiger partial charge in [-0.1, -0.05) is 158 Å². The van der Waals surface area contributed by atoms with E-state index in [1.807, 2.05) is 12.1 Å². The fraction of sp³-hybridized carbons (Fsp3) is 0. The van der Waals surface area contributed by atoms with Gasteiger partial charge in [0.2, 0.25) is 0 Å². The molecule has 0 atom stereocenters. The molecule has 0 amide bonds. The molecule has 53 heavy (non-hydrogen) atoms. The molecule has 2 heteroatoms. The van der Waals surface area contributed by atoms with Crippen molar-refractivity contribution in [2.24, 2.45) is 0 Å². The minimum Gasteiger partial charge on any atom is -0.309 e. The largest absolute Gasteiger partial charge is 0.309 e. The Balaban J connectivity index is 1.15. The lowest BCUT2D eigenvalue weighted by atomic mass is 9.85. The van der Waals surface area contributed by atoms with Crippen LogP contribution >= 0.6 is 0 Å². The molecule has 0 saturated heterocycles. The molecule has 9 aromatic carbocycles. The molecule has 0 N–H and O–H groups in total. The first kappa shape index (κ1) is 30.6. The van der Waals surface area contributed by atoms with Crippen molar-refractivity contribution >= 4 is 43.4 Å². The van der Waals surface area contributed by atoms with Gasteiger partial charge in [-0.2, -0.15) is 5.26 Å². The second-order valence-corrected chi connectivity index (χ2v) is 13.6. The van der Waals surface area contributed by atoms with Gasteiger partial charge in [0.1, 0.15) is 0 Å². The summed E-state index contributed by atoms with van der Waals surface area (Å²) in [5.74, 6) is 0. The Kier molecular flexibility index (Phi) is 7.23. The highest BCUT2D eigenvalue weighted by Gasteiger charge is 2.19. The van der Waals surface area contributed by atoms with Crippen LogP contribution < -0.4 is 0 Å². The SMILES string of the molecule is N#Cc1ccc(-c2cccc(-c3cccc(-c4c5ccccc5c(-c5ccccc5)c5ccccc45)c3)c2)c(-n2c3ccccc3c3ccccc32)c1. The highest BCUT2D eigenvalue weighted by molar-refractivity contribution is 6.21. The zero-order chi connectivity index (χ0) is 35.3. The molecule has 1 heterocycles. The average Bonchev–Trinajstić information content (AvgIpc) is 3.57. The summed E-state index contributed by atoms with van der Waals surface area (Å²) in [6, 6.07) is 71.6. The summed E-state index contributed by atoms with van der Waals surface area (Å²) in [6.45, 7) is 0. The van der Waals surface area contributed by atoms with Crippen LogP contribution in [0.15, 0.2) is 194 Å². The molecule has 0 fully saturated rings. The average molecular weight is 673 g/mol. The van der Waals surface area contributed by atoms with Crippen LogP contribution in [0.3, 0.4) is 0 Å². The van der Waals surface area contributed by atoms with Crippen molar-refractivity contribution in [3.8, 4) is 56.3 Å². The Labute approximate surface area is 308 Å². The van der Waals surface area contributed by atoms with Gasteiger partial charge in [-0.25, -0.2) is 0 Å². The molecule has 0 aliphatic rings. The van der Waals surface area contributed by atoms with Crippen LogP contribution in [0, 0.1) is 11.3 Å². The minimum atomic E-state index is 0.632. The molecule has 246 valence electrons. The van der Waals surface area contributed by atoms with Gasteiger partial charge in [0.05, 0.1) is 28.4 Å². The summed E-state index contributed by atoms with van der Waals surface area (Å²) in [5, 5.41) is 17.4. The molecule has 10 aromatic rings. The zero-order valence-electron chi connectivity index (χ0n) is 28.9. The van der Waals surface area contributed by atoms with Crippen LogP contribution in [-0.2, 0) is 0 Å². The number of nitrogens with zero attached hydrogens (tertiary/aromatic N) is 2. The predicted octanol–water partition coefficient (Wildman–Crippen LogP) is 13.6. The topological polar surface area (TPSA) is 28.7 Å². The van der Waals surface area contributed by atoms with Crippen molar-refractivity contribution in [2.75, 3.05) is 0 Å². The van der Waals surface area contributed by atoms with E-state index in [1.165, 1.54) is 54.6 Å². The van der Waals surface area contributed by atoms with Crippen molar-refractivity contribution in [1.82, 2.24) is 4.57 Å². The molecule has 0 unspecified atom stereocenters. The van der Waals surface area contributed by atoms with E-state index in [9.17, 15) is 5.26 Å². The van der Waals surface area contributed by atoms with E-state index in [-0.39, 0.29) is 0 Å². The van der Waals surface area contributed by atoms with E-state index < -0.39 is 0 Å². The Hall–Kier alpha value is -7.21. The molecule has 0 spiro atoms. The van der Waals surface area contributed by atoms with Crippen molar-refractivity contribution in [3.63, 3.8) is 0 Å². The lowest BCUT2D eigenvalue weighted by Gasteiger charge is -2.18. The fourth-order valence-electron chi connectivity index (χ4n) is 8.29. The summed E-state index contributed by atoms with van der Waals surface area (Å²) in [6.07, 6.45) is 0. The van der Waals surface area contributed by atoms with Gasteiger partial charge in [-0.05, 0) is 96.9 Å². The second kappa shape index (κ2) is 12.5. The maximum absolute atomic E-state index is 10.0. The number of para-hydroxylation sites is 2. The normalized spacial score (nSPS) is 11.4. The van der Waals surface area contributed by atoms with Crippen LogP contribution in [0.5, 0.6) is 0 Å². The first-order valence-corrected chi connectivity index (χ1v) is 18.0. The first-order valence-electron chi connectivity index (χ1n) is 18.0. The van der Waals surface area contributed by atoms with E-state index in [0.717, 1.165) is 39.0 Å². The molecular formula is C51H32N2. The van der Waals surface area contributed by atoms with Crippen LogP contribution in [-0.4, -0.2) is 4.57 Å². The first-order chi connectivity index (χ1) is 26.3. The van der Waals surface area contributed by atoms with E-state index in [4.69, 9.17) is 0 Å². The number of benzene rings is 9. The van der Waals surface area contributed by atoms with Crippen molar-refractivity contribution in [2.45, 2.75) is 0 Å². The Morgan fingerprint density at radius 2 is 0.774 bits per heavy atom. The highest BCUT2D eigenvalue weighted by atomic mass is 15.0. The predicted molar refractivity (Wildman–Crippen MR) is 222 cm³/mol. The van der Waals surface area contributed by atoms with E-state index in [2.05, 4.69) is 193 Å². The number of fused-ring (bicyclic) bond motifs is 5. The number of rotatable bonds is 5. The van der Waals surface area contributed by atoms with Crippen molar-refractivity contribution in [1.29, 1.82) is 5.26 Å². The van der Waals surface area contributed by atoms with Gasteiger partial charge in [-0.15, -0.1) is 0 Å². The van der Waals surface area contributed by atoms with Gasteiger partial charge in [0.25, 0.3) is 0 Å². The van der Waals surface area contributed by atoms with Crippen molar-refractivity contribution < 1.29 is 0 Å².